The molecule has 1 aromatic heterocycles. The molecule has 1 unspecified atom stereocenters. The molecular weight excluding hydrogens is 194 g/mol. The maximum Gasteiger partial charge on any atom is 0.0795 e. The van der Waals surface area contributed by atoms with E-state index in [1.54, 1.807) is 11.3 Å². The Morgan fingerprint density at radius 1 is 1.64 bits per heavy atom. The van der Waals surface area contributed by atoms with Gasteiger partial charge < -0.3 is 11.1 Å². The van der Waals surface area contributed by atoms with Gasteiger partial charge in [-0.05, 0) is 31.8 Å². The van der Waals surface area contributed by atoms with Gasteiger partial charge in [0, 0.05) is 11.9 Å². The van der Waals surface area contributed by atoms with Crippen LogP contribution in [0.5, 0.6) is 0 Å². The van der Waals surface area contributed by atoms with Crippen molar-refractivity contribution < 1.29 is 0 Å². The molecule has 0 spiro atoms. The number of nitrogens with zero attached hydrogens (tertiary/aromatic N) is 1. The molecular formula is C10H19N3S. The lowest BCUT2D eigenvalue weighted by molar-refractivity contribution is 0.468. The van der Waals surface area contributed by atoms with Crippen molar-refractivity contribution in [2.45, 2.75) is 26.3 Å². The maximum absolute atomic E-state index is 5.45. The third-order valence-corrected chi connectivity index (χ3v) is 2.82. The van der Waals surface area contributed by atoms with E-state index in [2.05, 4.69) is 22.6 Å². The lowest BCUT2D eigenvalue weighted by atomic mass is 10.1. The van der Waals surface area contributed by atoms with Gasteiger partial charge in [-0.15, -0.1) is 11.3 Å². The SMILES string of the molecule is CC(CCCN)CNCc1cscn1. The second-order valence-electron chi connectivity index (χ2n) is 3.65. The van der Waals surface area contributed by atoms with Crippen molar-refractivity contribution in [2.75, 3.05) is 13.1 Å². The average molecular weight is 213 g/mol. The second kappa shape index (κ2) is 6.92. The van der Waals surface area contributed by atoms with Gasteiger partial charge in [-0.3, -0.25) is 0 Å². The Kier molecular flexibility index (Phi) is 5.75. The van der Waals surface area contributed by atoms with Gasteiger partial charge >= 0.3 is 0 Å². The van der Waals surface area contributed by atoms with E-state index in [0.717, 1.165) is 31.7 Å². The summed E-state index contributed by atoms with van der Waals surface area (Å²) in [5.74, 6) is 0.706. The third-order valence-electron chi connectivity index (χ3n) is 2.18. The summed E-state index contributed by atoms with van der Waals surface area (Å²) in [7, 11) is 0. The van der Waals surface area contributed by atoms with E-state index in [0.29, 0.717) is 5.92 Å². The van der Waals surface area contributed by atoms with Crippen molar-refractivity contribution in [3.05, 3.63) is 16.6 Å². The zero-order valence-corrected chi connectivity index (χ0v) is 9.52. The summed E-state index contributed by atoms with van der Waals surface area (Å²) in [6.45, 7) is 4.99. The Hall–Kier alpha value is -0.450. The lowest BCUT2D eigenvalue weighted by Gasteiger charge is -2.10. The van der Waals surface area contributed by atoms with Crippen molar-refractivity contribution in [2.24, 2.45) is 11.7 Å². The third kappa shape index (κ3) is 4.69. The first kappa shape index (κ1) is 11.6. The fourth-order valence-electron chi connectivity index (χ4n) is 1.34. The maximum atomic E-state index is 5.45. The highest BCUT2D eigenvalue weighted by Gasteiger charge is 2.01. The molecule has 1 aromatic rings. The van der Waals surface area contributed by atoms with E-state index in [9.17, 15) is 0 Å². The van der Waals surface area contributed by atoms with Crippen LogP contribution < -0.4 is 11.1 Å². The molecule has 80 valence electrons. The fraction of sp³-hybridized carbons (Fsp3) is 0.700. The van der Waals surface area contributed by atoms with Gasteiger partial charge in [-0.25, -0.2) is 4.98 Å². The molecule has 0 bridgehead atoms. The Balaban J connectivity index is 2.03. The molecule has 0 radical (unpaired) electrons. The summed E-state index contributed by atoms with van der Waals surface area (Å²) < 4.78 is 0. The van der Waals surface area contributed by atoms with E-state index in [4.69, 9.17) is 5.73 Å². The Morgan fingerprint density at radius 2 is 2.50 bits per heavy atom. The normalized spacial score (nSPS) is 13.0. The van der Waals surface area contributed by atoms with Crippen molar-refractivity contribution in [1.29, 1.82) is 0 Å². The summed E-state index contributed by atoms with van der Waals surface area (Å²) >= 11 is 1.64. The van der Waals surface area contributed by atoms with Crippen LogP contribution in [0.3, 0.4) is 0 Å². The molecule has 0 aliphatic heterocycles. The first-order chi connectivity index (χ1) is 6.83. The van der Waals surface area contributed by atoms with Crippen LogP contribution in [0.2, 0.25) is 0 Å². The lowest BCUT2D eigenvalue weighted by Crippen LogP contribution is -2.21. The van der Waals surface area contributed by atoms with Crippen molar-refractivity contribution >= 4 is 11.3 Å². The first-order valence-corrected chi connectivity index (χ1v) is 6.05. The van der Waals surface area contributed by atoms with Crippen molar-refractivity contribution in [3.63, 3.8) is 0 Å². The van der Waals surface area contributed by atoms with Crippen LogP contribution in [-0.2, 0) is 6.54 Å². The molecule has 3 nitrogen and oxygen atoms in total. The number of rotatable bonds is 7. The van der Waals surface area contributed by atoms with Crippen LogP contribution in [0.25, 0.3) is 0 Å². The standard InChI is InChI=1S/C10H19N3S/c1-9(3-2-4-11)5-12-6-10-7-14-8-13-10/h7-9,12H,2-6,11H2,1H3. The van der Waals surface area contributed by atoms with Crippen molar-refractivity contribution in [3.8, 4) is 0 Å². The molecule has 4 heteroatoms. The Labute approximate surface area is 89.7 Å². The zero-order chi connectivity index (χ0) is 10.2. The number of hydrogen-bond acceptors (Lipinski definition) is 4. The molecule has 14 heavy (non-hydrogen) atoms. The molecule has 1 heterocycles. The average Bonchev–Trinajstić information content (AvgIpc) is 2.67. The summed E-state index contributed by atoms with van der Waals surface area (Å²) in [6, 6.07) is 0. The fourth-order valence-corrected chi connectivity index (χ4v) is 1.90. The molecule has 0 aliphatic rings. The molecule has 1 rings (SSSR count). The minimum absolute atomic E-state index is 0.706. The van der Waals surface area contributed by atoms with Gasteiger partial charge in [-0.1, -0.05) is 6.92 Å². The number of thiazole rings is 1. The predicted octanol–water partition coefficient (Wildman–Crippen LogP) is 1.61. The molecule has 0 aliphatic carbocycles. The van der Waals surface area contributed by atoms with Crippen LogP contribution in [-0.4, -0.2) is 18.1 Å². The molecule has 3 N–H and O–H groups in total. The molecule has 0 saturated carbocycles. The highest BCUT2D eigenvalue weighted by molar-refractivity contribution is 7.07. The second-order valence-corrected chi connectivity index (χ2v) is 4.37. The van der Waals surface area contributed by atoms with Crippen LogP contribution >= 0.6 is 11.3 Å². The van der Waals surface area contributed by atoms with Gasteiger partial charge in [0.25, 0.3) is 0 Å². The molecule has 0 aromatic carbocycles. The van der Waals surface area contributed by atoms with E-state index < -0.39 is 0 Å². The summed E-state index contributed by atoms with van der Waals surface area (Å²) in [5.41, 5.74) is 8.46. The highest BCUT2D eigenvalue weighted by Crippen LogP contribution is 2.04. The Morgan fingerprint density at radius 3 is 3.14 bits per heavy atom. The van der Waals surface area contributed by atoms with Crippen LogP contribution in [0, 0.1) is 5.92 Å². The van der Waals surface area contributed by atoms with Crippen LogP contribution in [0.4, 0.5) is 0 Å². The number of aromatic nitrogens is 1. The van der Waals surface area contributed by atoms with E-state index >= 15 is 0 Å². The zero-order valence-electron chi connectivity index (χ0n) is 8.70. The molecule has 0 saturated heterocycles. The van der Waals surface area contributed by atoms with Gasteiger partial charge in [-0.2, -0.15) is 0 Å². The molecule has 0 amide bonds. The summed E-state index contributed by atoms with van der Waals surface area (Å²) in [6.07, 6.45) is 2.33. The molecule has 1 atom stereocenters. The van der Waals surface area contributed by atoms with E-state index in [1.165, 1.54) is 6.42 Å². The van der Waals surface area contributed by atoms with Gasteiger partial charge in [0.2, 0.25) is 0 Å². The summed E-state index contributed by atoms with van der Waals surface area (Å²) in [4.78, 5) is 4.21. The van der Waals surface area contributed by atoms with Gasteiger partial charge in [0.15, 0.2) is 0 Å². The van der Waals surface area contributed by atoms with Gasteiger partial charge in [0.1, 0.15) is 0 Å². The predicted molar refractivity (Wildman–Crippen MR) is 61.3 cm³/mol. The smallest absolute Gasteiger partial charge is 0.0795 e. The topological polar surface area (TPSA) is 50.9 Å². The largest absolute Gasteiger partial charge is 0.330 e. The Bertz CT molecular complexity index is 223. The van der Waals surface area contributed by atoms with Crippen LogP contribution in [0.1, 0.15) is 25.5 Å². The van der Waals surface area contributed by atoms with E-state index in [1.807, 2.05) is 5.51 Å². The monoisotopic (exact) mass is 213 g/mol. The summed E-state index contributed by atoms with van der Waals surface area (Å²) in [5, 5.41) is 5.48. The first-order valence-electron chi connectivity index (χ1n) is 5.10. The van der Waals surface area contributed by atoms with E-state index in [-0.39, 0.29) is 0 Å². The quantitative estimate of drug-likeness (QED) is 0.723. The minimum Gasteiger partial charge on any atom is -0.330 e. The van der Waals surface area contributed by atoms with Crippen molar-refractivity contribution in [1.82, 2.24) is 10.3 Å². The highest BCUT2D eigenvalue weighted by atomic mass is 32.1. The number of nitrogens with one attached hydrogen (secondary N) is 1. The minimum atomic E-state index is 0.706. The molecule has 0 fully saturated rings. The number of hydrogen-bond donors (Lipinski definition) is 2. The van der Waals surface area contributed by atoms with Gasteiger partial charge in [0.05, 0.1) is 11.2 Å². The number of nitrogens with two attached hydrogens (primary N) is 1. The van der Waals surface area contributed by atoms with Crippen LogP contribution in [0.15, 0.2) is 10.9 Å².